The Morgan fingerprint density at radius 1 is 1.35 bits per heavy atom. The molecule has 0 bridgehead atoms. The van der Waals surface area contributed by atoms with Gasteiger partial charge in [-0.1, -0.05) is 41.5 Å². The van der Waals surface area contributed by atoms with Crippen molar-refractivity contribution in [3.8, 4) is 11.6 Å². The number of rotatable bonds is 6. The molecule has 0 radical (unpaired) electrons. The lowest BCUT2D eigenvalue weighted by Crippen LogP contribution is -2.16. The van der Waals surface area contributed by atoms with Crippen LogP contribution in [0.15, 0.2) is 50.6 Å². The highest BCUT2D eigenvalue weighted by Gasteiger charge is 2.15. The molecule has 3 aromatic rings. The van der Waals surface area contributed by atoms with E-state index in [1.165, 1.54) is 11.8 Å². The van der Waals surface area contributed by atoms with E-state index in [0.717, 1.165) is 15.7 Å². The summed E-state index contributed by atoms with van der Waals surface area (Å²) >= 11 is 4.81. The van der Waals surface area contributed by atoms with E-state index >= 15 is 0 Å². The van der Waals surface area contributed by atoms with E-state index in [1.54, 1.807) is 12.3 Å². The maximum absolute atomic E-state index is 12.4. The zero-order chi connectivity index (χ0) is 18.7. The molecule has 0 aliphatic rings. The van der Waals surface area contributed by atoms with E-state index in [1.807, 2.05) is 35.9 Å². The SMILES string of the molecule is CC(C)c1cc(Br)ccc1NC(=O)CSc1nnc(-c2ccco2)n1C. The second-order valence-electron chi connectivity index (χ2n) is 6.07. The minimum absolute atomic E-state index is 0.0817. The lowest BCUT2D eigenvalue weighted by Gasteiger charge is -2.14. The molecule has 0 aliphatic heterocycles. The fourth-order valence-electron chi connectivity index (χ4n) is 2.50. The number of halogens is 1. The van der Waals surface area contributed by atoms with Gasteiger partial charge in [0.1, 0.15) is 0 Å². The molecular formula is C18H19BrN4O2S. The summed E-state index contributed by atoms with van der Waals surface area (Å²) in [6.45, 7) is 4.20. The summed E-state index contributed by atoms with van der Waals surface area (Å²) in [6.07, 6.45) is 1.59. The Labute approximate surface area is 164 Å². The molecule has 1 aromatic carbocycles. The van der Waals surface area contributed by atoms with Crippen LogP contribution in [0.4, 0.5) is 5.69 Å². The summed E-state index contributed by atoms with van der Waals surface area (Å²) in [4.78, 5) is 12.4. The molecule has 0 saturated carbocycles. The summed E-state index contributed by atoms with van der Waals surface area (Å²) in [5.41, 5.74) is 1.93. The first-order valence-electron chi connectivity index (χ1n) is 8.11. The van der Waals surface area contributed by atoms with Crippen LogP contribution in [0.1, 0.15) is 25.3 Å². The third-order valence-electron chi connectivity index (χ3n) is 3.82. The summed E-state index contributed by atoms with van der Waals surface area (Å²) in [7, 11) is 1.85. The van der Waals surface area contributed by atoms with Crippen molar-refractivity contribution in [2.24, 2.45) is 7.05 Å². The summed E-state index contributed by atoms with van der Waals surface area (Å²) in [6, 6.07) is 9.50. The highest BCUT2D eigenvalue weighted by molar-refractivity contribution is 9.10. The number of amides is 1. The van der Waals surface area contributed by atoms with Crippen molar-refractivity contribution in [1.82, 2.24) is 14.8 Å². The van der Waals surface area contributed by atoms with Crippen LogP contribution in [-0.4, -0.2) is 26.4 Å². The first-order chi connectivity index (χ1) is 12.5. The molecule has 0 aliphatic carbocycles. The zero-order valence-electron chi connectivity index (χ0n) is 14.7. The van der Waals surface area contributed by atoms with E-state index in [2.05, 4.69) is 45.3 Å². The third kappa shape index (κ3) is 4.19. The third-order valence-corrected chi connectivity index (χ3v) is 5.33. The molecule has 0 unspecified atom stereocenters. The van der Waals surface area contributed by atoms with E-state index in [0.29, 0.717) is 22.7 Å². The van der Waals surface area contributed by atoms with Crippen LogP contribution in [0, 0.1) is 0 Å². The average molecular weight is 435 g/mol. The number of nitrogens with zero attached hydrogens (tertiary/aromatic N) is 3. The van der Waals surface area contributed by atoms with E-state index < -0.39 is 0 Å². The van der Waals surface area contributed by atoms with Gasteiger partial charge >= 0.3 is 0 Å². The molecule has 1 amide bonds. The van der Waals surface area contributed by atoms with Crippen LogP contribution in [0.25, 0.3) is 11.6 Å². The first-order valence-corrected chi connectivity index (χ1v) is 9.89. The molecule has 8 heteroatoms. The van der Waals surface area contributed by atoms with Gasteiger partial charge in [-0.15, -0.1) is 10.2 Å². The van der Waals surface area contributed by atoms with Crippen LogP contribution in [0.5, 0.6) is 0 Å². The fourth-order valence-corrected chi connectivity index (χ4v) is 3.59. The zero-order valence-corrected chi connectivity index (χ0v) is 17.1. The second kappa shape index (κ2) is 8.09. The van der Waals surface area contributed by atoms with Crippen LogP contribution in [0.2, 0.25) is 0 Å². The molecule has 3 rings (SSSR count). The van der Waals surface area contributed by atoms with Gasteiger partial charge in [0, 0.05) is 17.2 Å². The number of anilines is 1. The molecule has 2 heterocycles. The Kier molecular flexibility index (Phi) is 5.83. The predicted octanol–water partition coefficient (Wildman–Crippen LogP) is 4.69. The minimum atomic E-state index is -0.0817. The maximum Gasteiger partial charge on any atom is 0.234 e. The highest BCUT2D eigenvalue weighted by Crippen LogP contribution is 2.28. The number of aromatic nitrogens is 3. The van der Waals surface area contributed by atoms with Crippen molar-refractivity contribution < 1.29 is 9.21 Å². The molecule has 0 fully saturated rings. The Morgan fingerprint density at radius 2 is 2.15 bits per heavy atom. The predicted molar refractivity (Wildman–Crippen MR) is 106 cm³/mol. The van der Waals surface area contributed by atoms with Crippen LogP contribution < -0.4 is 5.32 Å². The fraction of sp³-hybridized carbons (Fsp3) is 0.278. The quantitative estimate of drug-likeness (QED) is 0.569. The van der Waals surface area contributed by atoms with Crippen molar-refractivity contribution in [3.63, 3.8) is 0 Å². The normalized spacial score (nSPS) is 11.1. The number of carbonyl (C=O) groups excluding carboxylic acids is 1. The van der Waals surface area contributed by atoms with Gasteiger partial charge in [-0.2, -0.15) is 0 Å². The number of carbonyl (C=O) groups is 1. The van der Waals surface area contributed by atoms with E-state index in [4.69, 9.17) is 4.42 Å². The lowest BCUT2D eigenvalue weighted by molar-refractivity contribution is -0.113. The molecule has 2 aromatic heterocycles. The smallest absolute Gasteiger partial charge is 0.234 e. The number of hydrogen-bond donors (Lipinski definition) is 1. The van der Waals surface area contributed by atoms with Gasteiger partial charge in [0.05, 0.1) is 12.0 Å². The van der Waals surface area contributed by atoms with Crippen molar-refractivity contribution >= 4 is 39.3 Å². The van der Waals surface area contributed by atoms with Gasteiger partial charge in [0.25, 0.3) is 0 Å². The topological polar surface area (TPSA) is 73.0 Å². The van der Waals surface area contributed by atoms with Crippen molar-refractivity contribution in [1.29, 1.82) is 0 Å². The summed E-state index contributed by atoms with van der Waals surface area (Å²) in [5, 5.41) is 11.9. The number of furan rings is 1. The molecule has 0 atom stereocenters. The Balaban J connectivity index is 1.65. The van der Waals surface area contributed by atoms with Gasteiger partial charge in [0.15, 0.2) is 16.7 Å². The monoisotopic (exact) mass is 434 g/mol. The molecule has 26 heavy (non-hydrogen) atoms. The van der Waals surface area contributed by atoms with Gasteiger partial charge in [-0.3, -0.25) is 4.79 Å². The molecular weight excluding hydrogens is 416 g/mol. The standard InChI is InChI=1S/C18H19BrN4O2S/c1-11(2)13-9-12(19)6-7-14(13)20-16(24)10-26-18-22-21-17(23(18)3)15-5-4-8-25-15/h4-9,11H,10H2,1-3H3,(H,20,24). The van der Waals surface area contributed by atoms with Gasteiger partial charge in [0.2, 0.25) is 5.91 Å². The second-order valence-corrected chi connectivity index (χ2v) is 7.92. The van der Waals surface area contributed by atoms with E-state index in [9.17, 15) is 4.79 Å². The van der Waals surface area contributed by atoms with Crippen molar-refractivity contribution in [2.45, 2.75) is 24.9 Å². The van der Waals surface area contributed by atoms with Crippen LogP contribution in [-0.2, 0) is 11.8 Å². The highest BCUT2D eigenvalue weighted by atomic mass is 79.9. The van der Waals surface area contributed by atoms with Crippen LogP contribution in [0.3, 0.4) is 0 Å². The molecule has 0 saturated heterocycles. The maximum atomic E-state index is 12.4. The van der Waals surface area contributed by atoms with Crippen LogP contribution >= 0.6 is 27.7 Å². The summed E-state index contributed by atoms with van der Waals surface area (Å²) < 4.78 is 8.16. The average Bonchev–Trinajstić information content (AvgIpc) is 3.24. The lowest BCUT2D eigenvalue weighted by atomic mass is 10.0. The van der Waals surface area contributed by atoms with Crippen molar-refractivity contribution in [2.75, 3.05) is 11.1 Å². The Bertz CT molecular complexity index is 906. The van der Waals surface area contributed by atoms with Gasteiger partial charge < -0.3 is 14.3 Å². The minimum Gasteiger partial charge on any atom is -0.461 e. The largest absolute Gasteiger partial charge is 0.461 e. The number of benzene rings is 1. The molecule has 1 N–H and O–H groups in total. The summed E-state index contributed by atoms with van der Waals surface area (Å²) in [5.74, 6) is 1.75. The number of hydrogen-bond acceptors (Lipinski definition) is 5. The first kappa shape index (κ1) is 18.7. The number of thioether (sulfide) groups is 1. The number of nitrogens with one attached hydrogen (secondary N) is 1. The Hall–Kier alpha value is -2.06. The van der Waals surface area contributed by atoms with Crippen molar-refractivity contribution in [3.05, 3.63) is 46.6 Å². The van der Waals surface area contributed by atoms with E-state index in [-0.39, 0.29) is 11.7 Å². The Morgan fingerprint density at radius 3 is 2.85 bits per heavy atom. The molecule has 136 valence electrons. The molecule has 0 spiro atoms. The molecule has 6 nitrogen and oxygen atoms in total. The van der Waals surface area contributed by atoms with Gasteiger partial charge in [-0.25, -0.2) is 0 Å². The van der Waals surface area contributed by atoms with Gasteiger partial charge in [-0.05, 0) is 41.8 Å².